The molecular weight excluding hydrogens is 342 g/mol. The number of carbonyl (C=O) groups excluding carboxylic acids is 2. The summed E-state index contributed by atoms with van der Waals surface area (Å²) < 4.78 is 0. The molecule has 0 saturated heterocycles. The number of nitrogens with two attached hydrogens (primary N) is 1. The van der Waals surface area contributed by atoms with E-state index in [1.165, 1.54) is 0 Å². The van der Waals surface area contributed by atoms with Crippen LogP contribution in [-0.4, -0.2) is 53.6 Å². The molecule has 0 unspecified atom stereocenters. The van der Waals surface area contributed by atoms with Gasteiger partial charge in [0.2, 0.25) is 5.91 Å². The van der Waals surface area contributed by atoms with E-state index in [9.17, 15) is 9.59 Å². The van der Waals surface area contributed by atoms with Gasteiger partial charge >= 0.3 is 0 Å². The fourth-order valence-electron chi connectivity index (χ4n) is 2.49. The fraction of sp³-hybridized carbons (Fsp3) is 0.471. The standard InChI is InChI=1S/C17H25N5O2.ClH/c1-17(2,10-18)11-22(3)14(23)8-9-19-16(24)15-12-6-4-5-7-13(12)20-21-15;/h4-7H,8-11,18H2,1-3H3,(H,19,24)(H,20,21);1H. The van der Waals surface area contributed by atoms with Crippen LogP contribution in [0.1, 0.15) is 30.8 Å². The Labute approximate surface area is 153 Å². The highest BCUT2D eigenvalue weighted by atomic mass is 35.5. The Bertz CT molecular complexity index is 729. The summed E-state index contributed by atoms with van der Waals surface area (Å²) in [5.74, 6) is -0.311. The number of halogens is 1. The van der Waals surface area contributed by atoms with E-state index < -0.39 is 0 Å². The molecule has 1 aromatic heterocycles. The molecule has 0 radical (unpaired) electrons. The second kappa shape index (κ2) is 8.82. The minimum absolute atomic E-state index is 0. The number of benzene rings is 1. The summed E-state index contributed by atoms with van der Waals surface area (Å²) in [6.07, 6.45) is 0.241. The van der Waals surface area contributed by atoms with Gasteiger partial charge in [-0.3, -0.25) is 14.7 Å². The van der Waals surface area contributed by atoms with Crippen molar-refractivity contribution < 1.29 is 9.59 Å². The Kier molecular flexibility index (Phi) is 7.38. The first-order chi connectivity index (χ1) is 11.3. The van der Waals surface area contributed by atoms with E-state index in [2.05, 4.69) is 15.5 Å². The van der Waals surface area contributed by atoms with Gasteiger partial charge in [-0.25, -0.2) is 0 Å². The Balaban J connectivity index is 0.00000312. The Morgan fingerprint density at radius 2 is 2.00 bits per heavy atom. The summed E-state index contributed by atoms with van der Waals surface area (Å²) in [4.78, 5) is 26.0. The summed E-state index contributed by atoms with van der Waals surface area (Å²) in [6, 6.07) is 7.42. The number of para-hydroxylation sites is 1. The second-order valence-corrected chi connectivity index (χ2v) is 6.74. The van der Waals surface area contributed by atoms with Gasteiger partial charge in [-0.15, -0.1) is 12.4 Å². The van der Waals surface area contributed by atoms with Crippen LogP contribution in [-0.2, 0) is 4.79 Å². The maximum absolute atomic E-state index is 12.2. The first-order valence-corrected chi connectivity index (χ1v) is 7.99. The first kappa shape index (κ1) is 20.9. The molecule has 0 bridgehead atoms. The third-order valence-electron chi connectivity index (χ3n) is 3.95. The number of aromatic amines is 1. The molecule has 0 aliphatic rings. The number of nitrogens with one attached hydrogen (secondary N) is 2. The van der Waals surface area contributed by atoms with Crippen molar-refractivity contribution in [1.29, 1.82) is 0 Å². The van der Waals surface area contributed by atoms with Crippen molar-refractivity contribution >= 4 is 35.1 Å². The van der Waals surface area contributed by atoms with Gasteiger partial charge in [0.25, 0.3) is 5.91 Å². The molecule has 0 aliphatic carbocycles. The molecule has 0 saturated carbocycles. The van der Waals surface area contributed by atoms with E-state index in [0.29, 0.717) is 18.8 Å². The third kappa shape index (κ3) is 5.44. The molecule has 2 rings (SSSR count). The van der Waals surface area contributed by atoms with Crippen molar-refractivity contribution in [3.05, 3.63) is 30.0 Å². The average molecular weight is 368 g/mol. The van der Waals surface area contributed by atoms with Gasteiger partial charge in [0.15, 0.2) is 5.69 Å². The van der Waals surface area contributed by atoms with Gasteiger partial charge < -0.3 is 16.0 Å². The van der Waals surface area contributed by atoms with E-state index in [1.54, 1.807) is 11.9 Å². The number of amides is 2. The van der Waals surface area contributed by atoms with E-state index in [0.717, 1.165) is 10.9 Å². The molecule has 0 fully saturated rings. The maximum atomic E-state index is 12.2. The number of rotatable bonds is 7. The zero-order valence-corrected chi connectivity index (χ0v) is 15.7. The normalized spacial score (nSPS) is 11.0. The van der Waals surface area contributed by atoms with Crippen molar-refractivity contribution in [1.82, 2.24) is 20.4 Å². The van der Waals surface area contributed by atoms with Gasteiger partial charge in [0.05, 0.1) is 5.52 Å². The number of carbonyl (C=O) groups is 2. The first-order valence-electron chi connectivity index (χ1n) is 7.99. The highest BCUT2D eigenvalue weighted by Crippen LogP contribution is 2.15. The molecule has 138 valence electrons. The fourth-order valence-corrected chi connectivity index (χ4v) is 2.49. The molecule has 1 heterocycles. The summed E-state index contributed by atoms with van der Waals surface area (Å²) >= 11 is 0. The van der Waals surface area contributed by atoms with Crippen LogP contribution in [0.2, 0.25) is 0 Å². The Hall–Kier alpha value is -2.12. The quantitative estimate of drug-likeness (QED) is 0.690. The predicted molar refractivity (Wildman–Crippen MR) is 101 cm³/mol. The third-order valence-corrected chi connectivity index (χ3v) is 3.95. The molecule has 7 nitrogen and oxygen atoms in total. The van der Waals surface area contributed by atoms with Crippen molar-refractivity contribution in [3.63, 3.8) is 0 Å². The molecule has 25 heavy (non-hydrogen) atoms. The van der Waals surface area contributed by atoms with E-state index in [4.69, 9.17) is 5.73 Å². The molecule has 2 aromatic rings. The van der Waals surface area contributed by atoms with Crippen molar-refractivity contribution in [2.24, 2.45) is 11.1 Å². The molecule has 4 N–H and O–H groups in total. The molecule has 0 spiro atoms. The predicted octanol–water partition coefficient (Wildman–Crippen LogP) is 1.55. The van der Waals surface area contributed by atoms with Crippen LogP contribution in [0.3, 0.4) is 0 Å². The topological polar surface area (TPSA) is 104 Å². The highest BCUT2D eigenvalue weighted by molar-refractivity contribution is 6.04. The van der Waals surface area contributed by atoms with Crippen molar-refractivity contribution in [2.75, 3.05) is 26.7 Å². The van der Waals surface area contributed by atoms with Crippen LogP contribution in [0.25, 0.3) is 10.9 Å². The van der Waals surface area contributed by atoms with E-state index in [-0.39, 0.29) is 42.6 Å². The molecule has 1 aromatic carbocycles. The van der Waals surface area contributed by atoms with Crippen LogP contribution in [0, 0.1) is 5.41 Å². The van der Waals surface area contributed by atoms with E-state index >= 15 is 0 Å². The summed E-state index contributed by atoms with van der Waals surface area (Å²) in [6.45, 7) is 5.39. The number of hydrogen-bond acceptors (Lipinski definition) is 4. The minimum Gasteiger partial charge on any atom is -0.350 e. The number of H-pyrrole nitrogens is 1. The largest absolute Gasteiger partial charge is 0.350 e. The van der Waals surface area contributed by atoms with Gasteiger partial charge in [0.1, 0.15) is 0 Å². The van der Waals surface area contributed by atoms with Gasteiger partial charge in [-0.05, 0) is 18.0 Å². The number of fused-ring (bicyclic) bond motifs is 1. The van der Waals surface area contributed by atoms with Crippen molar-refractivity contribution in [3.8, 4) is 0 Å². The highest BCUT2D eigenvalue weighted by Gasteiger charge is 2.21. The lowest BCUT2D eigenvalue weighted by molar-refractivity contribution is -0.130. The average Bonchev–Trinajstić information content (AvgIpc) is 2.98. The molecule has 0 atom stereocenters. The summed E-state index contributed by atoms with van der Waals surface area (Å²) in [7, 11) is 1.75. The van der Waals surface area contributed by atoms with Crippen LogP contribution < -0.4 is 11.1 Å². The van der Waals surface area contributed by atoms with Crippen LogP contribution in [0.4, 0.5) is 0 Å². The number of hydrogen-bond donors (Lipinski definition) is 3. The summed E-state index contributed by atoms with van der Waals surface area (Å²) in [5, 5.41) is 10.4. The molecule has 8 heteroatoms. The lowest BCUT2D eigenvalue weighted by Crippen LogP contribution is -2.40. The monoisotopic (exact) mass is 367 g/mol. The zero-order chi connectivity index (χ0) is 17.7. The lowest BCUT2D eigenvalue weighted by Gasteiger charge is -2.29. The zero-order valence-electron chi connectivity index (χ0n) is 14.8. The smallest absolute Gasteiger partial charge is 0.272 e. The number of aromatic nitrogens is 2. The molecule has 0 aliphatic heterocycles. The molecular formula is C17H26ClN5O2. The minimum atomic E-state index is -0.287. The van der Waals surface area contributed by atoms with Gasteiger partial charge in [-0.2, -0.15) is 5.10 Å². The van der Waals surface area contributed by atoms with Gasteiger partial charge in [0, 0.05) is 31.9 Å². The number of nitrogens with zero attached hydrogens (tertiary/aromatic N) is 2. The van der Waals surface area contributed by atoms with Crippen LogP contribution in [0.15, 0.2) is 24.3 Å². The van der Waals surface area contributed by atoms with E-state index in [1.807, 2.05) is 38.1 Å². The second-order valence-electron chi connectivity index (χ2n) is 6.74. The Morgan fingerprint density at radius 3 is 2.68 bits per heavy atom. The van der Waals surface area contributed by atoms with Crippen LogP contribution >= 0.6 is 12.4 Å². The molecule has 2 amide bonds. The van der Waals surface area contributed by atoms with Gasteiger partial charge in [-0.1, -0.05) is 32.0 Å². The SMILES string of the molecule is CN(CC(C)(C)CN)C(=O)CCNC(=O)c1n[nH]c2ccccc12.Cl. The maximum Gasteiger partial charge on any atom is 0.272 e. The van der Waals surface area contributed by atoms with Crippen molar-refractivity contribution in [2.45, 2.75) is 20.3 Å². The van der Waals surface area contributed by atoms with Crippen LogP contribution in [0.5, 0.6) is 0 Å². The lowest BCUT2D eigenvalue weighted by atomic mass is 9.93. The summed E-state index contributed by atoms with van der Waals surface area (Å²) in [5.41, 5.74) is 6.72. The Morgan fingerprint density at radius 1 is 1.32 bits per heavy atom.